The van der Waals surface area contributed by atoms with E-state index in [1.165, 1.54) is 37.3 Å². The molecule has 2 rings (SSSR count). The maximum absolute atomic E-state index is 12.8. The molecule has 4 nitrogen and oxygen atoms in total. The second-order valence-corrected chi connectivity index (χ2v) is 5.47. The molecular formula is C18H15F4NO3. The zero-order valence-electron chi connectivity index (χ0n) is 13.6. The lowest BCUT2D eigenvalue weighted by atomic mass is 10.1. The van der Waals surface area contributed by atoms with Crippen LogP contribution in [0.25, 0.3) is 0 Å². The minimum atomic E-state index is -4.59. The van der Waals surface area contributed by atoms with Crippen LogP contribution in [-0.2, 0) is 22.3 Å². The number of carbonyl (C=O) groups excluding carboxylic acids is 2. The number of amides is 1. The molecule has 1 amide bonds. The van der Waals surface area contributed by atoms with Crippen molar-refractivity contribution in [1.29, 1.82) is 0 Å². The van der Waals surface area contributed by atoms with Crippen LogP contribution < -0.4 is 5.32 Å². The van der Waals surface area contributed by atoms with Gasteiger partial charge in [0.2, 0.25) is 0 Å². The lowest BCUT2D eigenvalue weighted by Crippen LogP contribution is -2.35. The molecule has 0 saturated heterocycles. The number of benzene rings is 2. The first kappa shape index (κ1) is 19.4. The summed E-state index contributed by atoms with van der Waals surface area (Å²) in [6.45, 7) is 1.38. The van der Waals surface area contributed by atoms with Gasteiger partial charge in [0.1, 0.15) is 5.82 Å². The third kappa shape index (κ3) is 5.30. The molecule has 0 aliphatic heterocycles. The zero-order valence-corrected chi connectivity index (χ0v) is 13.6. The molecule has 1 unspecified atom stereocenters. The Hall–Kier alpha value is -2.90. The molecule has 2 aromatic rings. The van der Waals surface area contributed by atoms with Crippen LogP contribution in [0, 0.1) is 5.82 Å². The van der Waals surface area contributed by atoms with E-state index in [4.69, 9.17) is 4.74 Å². The topological polar surface area (TPSA) is 55.4 Å². The fourth-order valence-corrected chi connectivity index (χ4v) is 2.04. The number of esters is 1. The monoisotopic (exact) mass is 369 g/mol. The van der Waals surface area contributed by atoms with Crippen LogP contribution in [0.5, 0.6) is 0 Å². The number of carbonyl (C=O) groups is 2. The highest BCUT2D eigenvalue weighted by atomic mass is 19.4. The summed E-state index contributed by atoms with van der Waals surface area (Å²) in [6, 6.07) is 9.17. The predicted molar refractivity (Wildman–Crippen MR) is 84.6 cm³/mol. The van der Waals surface area contributed by atoms with Gasteiger partial charge in [0.05, 0.1) is 11.1 Å². The second-order valence-electron chi connectivity index (χ2n) is 5.47. The summed E-state index contributed by atoms with van der Waals surface area (Å²) in [5.41, 5.74) is -0.658. The van der Waals surface area contributed by atoms with E-state index in [1.807, 2.05) is 0 Å². The Morgan fingerprint density at radius 3 is 2.38 bits per heavy atom. The number of ether oxygens (including phenoxy) is 1. The molecule has 0 aromatic heterocycles. The van der Waals surface area contributed by atoms with E-state index in [-0.39, 0.29) is 12.1 Å². The normalized spacial score (nSPS) is 12.3. The van der Waals surface area contributed by atoms with Crippen molar-refractivity contribution in [2.24, 2.45) is 0 Å². The van der Waals surface area contributed by atoms with Crippen LogP contribution in [0.2, 0.25) is 0 Å². The Balaban J connectivity index is 1.93. The van der Waals surface area contributed by atoms with Gasteiger partial charge in [-0.1, -0.05) is 18.2 Å². The summed E-state index contributed by atoms with van der Waals surface area (Å²) in [7, 11) is 0. The van der Waals surface area contributed by atoms with Gasteiger partial charge in [0.25, 0.3) is 5.91 Å². The highest BCUT2D eigenvalue weighted by Crippen LogP contribution is 2.29. The van der Waals surface area contributed by atoms with E-state index < -0.39 is 35.5 Å². The van der Waals surface area contributed by atoms with Gasteiger partial charge in [-0.2, -0.15) is 13.2 Å². The first-order valence-electron chi connectivity index (χ1n) is 7.57. The van der Waals surface area contributed by atoms with E-state index >= 15 is 0 Å². The standard InChI is InChI=1S/C18H15F4NO3/c1-11(16(24)23-10-12-5-7-15(19)8-6-12)26-17(25)13-3-2-4-14(9-13)18(20,21)22/h2-9,11H,10H2,1H3,(H,23,24). The third-order valence-electron chi connectivity index (χ3n) is 3.46. The Morgan fingerprint density at radius 1 is 1.12 bits per heavy atom. The van der Waals surface area contributed by atoms with E-state index in [1.54, 1.807) is 0 Å². The van der Waals surface area contributed by atoms with Crippen molar-refractivity contribution in [3.05, 3.63) is 71.0 Å². The number of hydrogen-bond donors (Lipinski definition) is 1. The first-order valence-corrected chi connectivity index (χ1v) is 7.57. The van der Waals surface area contributed by atoms with Gasteiger partial charge >= 0.3 is 12.1 Å². The van der Waals surface area contributed by atoms with E-state index in [0.717, 1.165) is 12.1 Å². The number of alkyl halides is 3. The van der Waals surface area contributed by atoms with Crippen molar-refractivity contribution >= 4 is 11.9 Å². The van der Waals surface area contributed by atoms with Crippen LogP contribution in [0.15, 0.2) is 48.5 Å². The van der Waals surface area contributed by atoms with Crippen LogP contribution >= 0.6 is 0 Å². The van der Waals surface area contributed by atoms with Crippen LogP contribution in [0.1, 0.15) is 28.4 Å². The fourth-order valence-electron chi connectivity index (χ4n) is 2.04. The van der Waals surface area contributed by atoms with Crippen LogP contribution in [0.3, 0.4) is 0 Å². The number of halogens is 4. The third-order valence-corrected chi connectivity index (χ3v) is 3.46. The molecule has 0 radical (unpaired) electrons. The quantitative estimate of drug-likeness (QED) is 0.646. The van der Waals surface area contributed by atoms with E-state index in [9.17, 15) is 27.2 Å². The molecule has 138 valence electrons. The summed E-state index contributed by atoms with van der Waals surface area (Å²) in [5.74, 6) is -2.08. The molecular weight excluding hydrogens is 354 g/mol. The maximum atomic E-state index is 12.8. The Labute approximate surface area is 146 Å². The molecule has 1 N–H and O–H groups in total. The van der Waals surface area contributed by atoms with Crippen LogP contribution in [0.4, 0.5) is 17.6 Å². The van der Waals surface area contributed by atoms with Crippen molar-refractivity contribution in [2.75, 3.05) is 0 Å². The molecule has 0 fully saturated rings. The van der Waals surface area contributed by atoms with Gasteiger partial charge in [0, 0.05) is 6.54 Å². The highest BCUT2D eigenvalue weighted by Gasteiger charge is 2.31. The summed E-state index contributed by atoms with van der Waals surface area (Å²) in [4.78, 5) is 23.9. The largest absolute Gasteiger partial charge is 0.449 e. The van der Waals surface area contributed by atoms with Crippen LogP contribution in [-0.4, -0.2) is 18.0 Å². The van der Waals surface area contributed by atoms with E-state index in [2.05, 4.69) is 5.32 Å². The van der Waals surface area contributed by atoms with Gasteiger partial charge in [0.15, 0.2) is 6.10 Å². The van der Waals surface area contributed by atoms with Gasteiger partial charge in [-0.3, -0.25) is 4.79 Å². The second kappa shape index (κ2) is 7.99. The average molecular weight is 369 g/mol. The Kier molecular flexibility index (Phi) is 5.97. The summed E-state index contributed by atoms with van der Waals surface area (Å²) < 4.78 is 55.7. The first-order chi connectivity index (χ1) is 12.2. The highest BCUT2D eigenvalue weighted by molar-refractivity contribution is 5.92. The van der Waals surface area contributed by atoms with Gasteiger partial charge < -0.3 is 10.1 Å². The number of rotatable bonds is 5. The van der Waals surface area contributed by atoms with Gasteiger partial charge in [-0.15, -0.1) is 0 Å². The minimum Gasteiger partial charge on any atom is -0.449 e. The molecule has 8 heteroatoms. The lowest BCUT2D eigenvalue weighted by molar-refractivity contribution is -0.137. The molecule has 0 aliphatic carbocycles. The maximum Gasteiger partial charge on any atom is 0.416 e. The lowest BCUT2D eigenvalue weighted by Gasteiger charge is -2.14. The summed E-state index contributed by atoms with van der Waals surface area (Å²) >= 11 is 0. The van der Waals surface area contributed by atoms with Crippen molar-refractivity contribution in [3.8, 4) is 0 Å². The minimum absolute atomic E-state index is 0.0879. The average Bonchev–Trinajstić information content (AvgIpc) is 2.60. The molecule has 0 heterocycles. The predicted octanol–water partition coefficient (Wildman–Crippen LogP) is 3.71. The zero-order chi connectivity index (χ0) is 19.3. The van der Waals surface area contributed by atoms with Gasteiger partial charge in [-0.25, -0.2) is 9.18 Å². The molecule has 0 bridgehead atoms. The van der Waals surface area contributed by atoms with Gasteiger partial charge in [-0.05, 0) is 42.8 Å². The van der Waals surface area contributed by atoms with E-state index in [0.29, 0.717) is 11.6 Å². The molecule has 0 spiro atoms. The summed E-state index contributed by atoms with van der Waals surface area (Å²) in [5, 5.41) is 2.49. The number of hydrogen-bond acceptors (Lipinski definition) is 3. The smallest absolute Gasteiger partial charge is 0.416 e. The van der Waals surface area contributed by atoms with Crippen molar-refractivity contribution in [3.63, 3.8) is 0 Å². The Morgan fingerprint density at radius 2 is 1.77 bits per heavy atom. The SMILES string of the molecule is CC(OC(=O)c1cccc(C(F)(F)F)c1)C(=O)NCc1ccc(F)cc1. The molecule has 1 atom stereocenters. The fraction of sp³-hybridized carbons (Fsp3) is 0.222. The molecule has 0 aliphatic rings. The molecule has 2 aromatic carbocycles. The number of nitrogens with one attached hydrogen (secondary N) is 1. The molecule has 26 heavy (non-hydrogen) atoms. The van der Waals surface area contributed by atoms with Crippen molar-refractivity contribution < 1.29 is 31.9 Å². The van der Waals surface area contributed by atoms with Crippen molar-refractivity contribution in [2.45, 2.75) is 25.7 Å². The Bertz CT molecular complexity index is 788. The summed E-state index contributed by atoms with van der Waals surface area (Å²) in [6.07, 6.45) is -5.80. The van der Waals surface area contributed by atoms with Crippen molar-refractivity contribution in [1.82, 2.24) is 5.32 Å². The molecule has 0 saturated carbocycles.